The maximum Gasteiger partial charge on any atom is 0.00674 e. The monoisotopic (exact) mass is 219 g/mol. The quantitative estimate of drug-likeness (QED) is 0.799. The second-order valence-corrected chi connectivity index (χ2v) is 4.96. The Morgan fingerprint density at radius 1 is 1.19 bits per heavy atom. The molecule has 0 spiro atoms. The summed E-state index contributed by atoms with van der Waals surface area (Å²) in [7, 11) is 0. The number of aryl methyl sites for hydroxylation is 2. The lowest BCUT2D eigenvalue weighted by molar-refractivity contribution is 0.406. The Balaban J connectivity index is 2.68. The van der Waals surface area contributed by atoms with Crippen molar-refractivity contribution in [3.05, 3.63) is 34.9 Å². The van der Waals surface area contributed by atoms with Crippen molar-refractivity contribution in [2.24, 2.45) is 5.92 Å². The van der Waals surface area contributed by atoms with Gasteiger partial charge in [0, 0.05) is 6.04 Å². The molecule has 1 heteroatoms. The molecule has 2 atom stereocenters. The van der Waals surface area contributed by atoms with Crippen LogP contribution in [0.25, 0.3) is 0 Å². The first-order valence-corrected chi connectivity index (χ1v) is 6.34. The van der Waals surface area contributed by atoms with Gasteiger partial charge >= 0.3 is 0 Å². The molecule has 0 saturated carbocycles. The van der Waals surface area contributed by atoms with Crippen LogP contribution in [0.3, 0.4) is 0 Å². The smallest absolute Gasteiger partial charge is 0.00674 e. The van der Waals surface area contributed by atoms with Crippen LogP contribution in [0, 0.1) is 19.8 Å². The topological polar surface area (TPSA) is 12.0 Å². The lowest BCUT2D eigenvalue weighted by atomic mass is 9.92. The van der Waals surface area contributed by atoms with Gasteiger partial charge in [-0.2, -0.15) is 0 Å². The number of nitrogens with one attached hydrogen (secondary N) is 1. The van der Waals surface area contributed by atoms with Gasteiger partial charge in [-0.25, -0.2) is 0 Å². The Labute approximate surface area is 100 Å². The van der Waals surface area contributed by atoms with E-state index in [0.29, 0.717) is 12.0 Å². The molecular weight excluding hydrogens is 194 g/mol. The average molecular weight is 219 g/mol. The number of rotatable bonds is 5. The van der Waals surface area contributed by atoms with E-state index in [1.54, 1.807) is 0 Å². The first-order chi connectivity index (χ1) is 7.54. The summed E-state index contributed by atoms with van der Waals surface area (Å²) >= 11 is 0. The van der Waals surface area contributed by atoms with Crippen molar-refractivity contribution in [1.82, 2.24) is 5.32 Å². The van der Waals surface area contributed by atoms with Crippen molar-refractivity contribution in [2.45, 2.75) is 47.1 Å². The predicted octanol–water partition coefficient (Wildman–Crippen LogP) is 3.48. The van der Waals surface area contributed by atoms with E-state index in [4.69, 9.17) is 0 Å². The second-order valence-electron chi connectivity index (χ2n) is 4.96. The summed E-state index contributed by atoms with van der Waals surface area (Å²) in [6, 6.07) is 7.33. The standard InChI is InChI=1S/C15H25N/c1-6-16-14(5)13(4)10-15-9-11(2)7-8-12(15)3/h7-9,13-14,16H,6,10H2,1-5H3. The Kier molecular flexibility index (Phi) is 5.01. The SMILES string of the molecule is CCNC(C)C(C)Cc1cc(C)ccc1C. The molecule has 0 fully saturated rings. The predicted molar refractivity (Wildman–Crippen MR) is 71.9 cm³/mol. The molecular formula is C15H25N. The van der Waals surface area contributed by atoms with Crippen molar-refractivity contribution in [2.75, 3.05) is 6.54 Å². The van der Waals surface area contributed by atoms with Crippen molar-refractivity contribution in [3.63, 3.8) is 0 Å². The molecule has 1 aromatic rings. The molecule has 1 nitrogen and oxygen atoms in total. The molecule has 16 heavy (non-hydrogen) atoms. The molecule has 0 bridgehead atoms. The first-order valence-electron chi connectivity index (χ1n) is 6.34. The molecule has 1 rings (SSSR count). The fraction of sp³-hybridized carbons (Fsp3) is 0.600. The third-order valence-electron chi connectivity index (χ3n) is 3.43. The van der Waals surface area contributed by atoms with Crippen LogP contribution in [0.4, 0.5) is 0 Å². The highest BCUT2D eigenvalue weighted by Crippen LogP contribution is 2.17. The first kappa shape index (κ1) is 13.2. The van der Waals surface area contributed by atoms with Gasteiger partial charge in [-0.3, -0.25) is 0 Å². The normalized spacial score (nSPS) is 14.8. The minimum atomic E-state index is 0.588. The summed E-state index contributed by atoms with van der Waals surface area (Å²) in [6.45, 7) is 12.2. The number of hydrogen-bond acceptors (Lipinski definition) is 1. The zero-order valence-electron chi connectivity index (χ0n) is 11.3. The maximum atomic E-state index is 3.50. The summed E-state index contributed by atoms with van der Waals surface area (Å²) in [5, 5.41) is 3.50. The molecule has 0 amide bonds. The molecule has 1 aromatic carbocycles. The lowest BCUT2D eigenvalue weighted by Crippen LogP contribution is -2.33. The molecule has 0 saturated heterocycles. The summed E-state index contributed by atoms with van der Waals surface area (Å²) in [4.78, 5) is 0. The van der Waals surface area contributed by atoms with Crippen LogP contribution < -0.4 is 5.32 Å². The fourth-order valence-corrected chi connectivity index (χ4v) is 2.07. The third-order valence-corrected chi connectivity index (χ3v) is 3.43. The molecule has 1 N–H and O–H groups in total. The molecule has 0 aliphatic rings. The molecule has 90 valence electrons. The van der Waals surface area contributed by atoms with Crippen molar-refractivity contribution in [1.29, 1.82) is 0 Å². The van der Waals surface area contributed by atoms with Crippen molar-refractivity contribution in [3.8, 4) is 0 Å². The van der Waals surface area contributed by atoms with Crippen LogP contribution in [0.15, 0.2) is 18.2 Å². The Morgan fingerprint density at radius 2 is 1.88 bits per heavy atom. The third kappa shape index (κ3) is 3.64. The van der Waals surface area contributed by atoms with E-state index in [2.05, 4.69) is 58.1 Å². The van der Waals surface area contributed by atoms with Crippen LogP contribution in [-0.4, -0.2) is 12.6 Å². The van der Waals surface area contributed by atoms with Crippen LogP contribution in [0.2, 0.25) is 0 Å². The molecule has 0 aliphatic heterocycles. The van der Waals surface area contributed by atoms with Gasteiger partial charge in [-0.05, 0) is 50.8 Å². The van der Waals surface area contributed by atoms with Gasteiger partial charge in [0.25, 0.3) is 0 Å². The highest BCUT2D eigenvalue weighted by atomic mass is 14.9. The van der Waals surface area contributed by atoms with Gasteiger partial charge in [0.1, 0.15) is 0 Å². The molecule has 2 unspecified atom stereocenters. The molecule has 0 heterocycles. The van der Waals surface area contributed by atoms with Crippen molar-refractivity contribution < 1.29 is 0 Å². The van der Waals surface area contributed by atoms with Gasteiger partial charge in [0.2, 0.25) is 0 Å². The summed E-state index contributed by atoms with van der Waals surface area (Å²) < 4.78 is 0. The summed E-state index contributed by atoms with van der Waals surface area (Å²) in [6.07, 6.45) is 1.17. The van der Waals surface area contributed by atoms with E-state index >= 15 is 0 Å². The van der Waals surface area contributed by atoms with E-state index < -0.39 is 0 Å². The molecule has 0 radical (unpaired) electrons. The fourth-order valence-electron chi connectivity index (χ4n) is 2.07. The van der Waals surface area contributed by atoms with Crippen molar-refractivity contribution >= 4 is 0 Å². The lowest BCUT2D eigenvalue weighted by Gasteiger charge is -2.21. The number of benzene rings is 1. The van der Waals surface area contributed by atoms with E-state index in [-0.39, 0.29) is 0 Å². The maximum absolute atomic E-state index is 3.50. The van der Waals surface area contributed by atoms with Crippen LogP contribution >= 0.6 is 0 Å². The Morgan fingerprint density at radius 3 is 2.50 bits per heavy atom. The van der Waals surface area contributed by atoms with E-state index in [1.165, 1.54) is 23.1 Å². The van der Waals surface area contributed by atoms with E-state index in [1.807, 2.05) is 0 Å². The van der Waals surface area contributed by atoms with Gasteiger partial charge in [0.15, 0.2) is 0 Å². The van der Waals surface area contributed by atoms with Gasteiger partial charge in [0.05, 0.1) is 0 Å². The minimum Gasteiger partial charge on any atom is -0.314 e. The number of hydrogen-bond donors (Lipinski definition) is 1. The van der Waals surface area contributed by atoms with Gasteiger partial charge < -0.3 is 5.32 Å². The second kappa shape index (κ2) is 6.05. The highest BCUT2D eigenvalue weighted by molar-refractivity contribution is 5.30. The van der Waals surface area contributed by atoms with Crippen LogP contribution in [0.5, 0.6) is 0 Å². The molecule has 0 aromatic heterocycles. The average Bonchev–Trinajstić information content (AvgIpc) is 2.23. The zero-order chi connectivity index (χ0) is 12.1. The van der Waals surface area contributed by atoms with E-state index in [9.17, 15) is 0 Å². The minimum absolute atomic E-state index is 0.588. The van der Waals surface area contributed by atoms with Crippen LogP contribution in [-0.2, 0) is 6.42 Å². The van der Waals surface area contributed by atoms with E-state index in [0.717, 1.165) is 6.54 Å². The van der Waals surface area contributed by atoms with Gasteiger partial charge in [-0.1, -0.05) is 37.6 Å². The largest absolute Gasteiger partial charge is 0.314 e. The van der Waals surface area contributed by atoms with Crippen LogP contribution in [0.1, 0.15) is 37.5 Å². The Bertz CT molecular complexity index is 330. The highest BCUT2D eigenvalue weighted by Gasteiger charge is 2.12. The Hall–Kier alpha value is -0.820. The summed E-state index contributed by atoms with van der Waals surface area (Å²) in [5.41, 5.74) is 4.28. The zero-order valence-corrected chi connectivity index (χ0v) is 11.3. The summed E-state index contributed by atoms with van der Waals surface area (Å²) in [5.74, 6) is 0.681. The van der Waals surface area contributed by atoms with Gasteiger partial charge in [-0.15, -0.1) is 0 Å². The molecule has 0 aliphatic carbocycles.